The van der Waals surface area contributed by atoms with Crippen LogP contribution in [-0.4, -0.2) is 24.2 Å². The molecule has 0 bridgehead atoms. The average molecular weight is 156 g/mol. The van der Waals surface area contributed by atoms with E-state index in [4.69, 9.17) is 5.11 Å². The molecule has 0 spiro atoms. The number of halogens is 3. The molecule has 5 heteroatoms. The minimum Gasteiger partial charge on any atom is -0.337 e. The smallest absolute Gasteiger partial charge is 0.337 e. The Morgan fingerprint density at radius 1 is 1.70 bits per heavy atom. The monoisotopic (exact) mass is 156 g/mol. The van der Waals surface area contributed by atoms with Gasteiger partial charge in [0.15, 0.2) is 0 Å². The van der Waals surface area contributed by atoms with Crippen LogP contribution in [0.15, 0.2) is 12.7 Å². The van der Waals surface area contributed by atoms with Gasteiger partial charge < -0.3 is 9.84 Å². The largest absolute Gasteiger partial charge is 0.409 e. The molecule has 0 saturated heterocycles. The third-order valence-electron chi connectivity index (χ3n) is 0.633. The van der Waals surface area contributed by atoms with Crippen molar-refractivity contribution >= 4 is 0 Å². The fourth-order valence-electron chi connectivity index (χ4n) is 0.253. The van der Waals surface area contributed by atoms with Crippen LogP contribution in [0, 0.1) is 0 Å². The van der Waals surface area contributed by atoms with Gasteiger partial charge in [-0.3, -0.25) is 0 Å². The second-order valence-electron chi connectivity index (χ2n) is 1.53. The Morgan fingerprint density at radius 3 is 2.50 bits per heavy atom. The van der Waals surface area contributed by atoms with Crippen molar-refractivity contribution in [2.24, 2.45) is 0 Å². The molecule has 0 aliphatic carbocycles. The van der Waals surface area contributed by atoms with Crippen LogP contribution in [0.4, 0.5) is 13.2 Å². The Hall–Kier alpha value is -0.550. The summed E-state index contributed by atoms with van der Waals surface area (Å²) in [5, 5.41) is 7.65. The fourth-order valence-corrected chi connectivity index (χ4v) is 0.253. The maximum Gasteiger partial charge on any atom is 0.409 e. The second kappa shape index (κ2) is 3.58. The van der Waals surface area contributed by atoms with Crippen LogP contribution in [0.5, 0.6) is 0 Å². The van der Waals surface area contributed by atoms with Crippen LogP contribution in [0.2, 0.25) is 0 Å². The molecule has 0 heterocycles. The fraction of sp³-hybridized carbons (Fsp3) is 0.600. The predicted molar refractivity (Wildman–Crippen MR) is 28.2 cm³/mol. The number of alkyl halides is 3. The molecule has 0 rings (SSSR count). The molecule has 1 N–H and O–H groups in total. The molecule has 1 atom stereocenters. The van der Waals surface area contributed by atoms with Gasteiger partial charge in [-0.05, 0) is 0 Å². The highest BCUT2D eigenvalue weighted by molar-refractivity contribution is 4.65. The van der Waals surface area contributed by atoms with Gasteiger partial charge in [-0.15, -0.1) is 6.58 Å². The molecule has 1 unspecified atom stereocenters. The van der Waals surface area contributed by atoms with Gasteiger partial charge in [-0.2, -0.15) is 8.78 Å². The van der Waals surface area contributed by atoms with E-state index in [-0.39, 0.29) is 6.61 Å². The summed E-state index contributed by atoms with van der Waals surface area (Å²) in [7, 11) is 0. The minimum atomic E-state index is -4.43. The Labute approximate surface area is 55.9 Å². The second-order valence-corrected chi connectivity index (χ2v) is 1.53. The number of hydrogen-bond donors (Lipinski definition) is 1. The molecule has 0 aromatic rings. The van der Waals surface area contributed by atoms with Crippen LogP contribution in [0.25, 0.3) is 0 Å². The highest BCUT2D eigenvalue weighted by Gasteiger charge is 2.38. The predicted octanol–water partition coefficient (Wildman–Crippen LogP) is 1.07. The van der Waals surface area contributed by atoms with Crippen LogP contribution in [0.1, 0.15) is 0 Å². The van der Waals surface area contributed by atoms with Gasteiger partial charge in [0.05, 0.1) is 6.61 Å². The van der Waals surface area contributed by atoms with Crippen molar-refractivity contribution in [2.45, 2.75) is 12.5 Å². The average Bonchev–Trinajstić information content (AvgIpc) is 1.80. The molecule has 0 fully saturated rings. The first-order valence-electron chi connectivity index (χ1n) is 2.45. The topological polar surface area (TPSA) is 29.5 Å². The normalized spacial score (nSPS) is 14.8. The molecule has 0 aliphatic rings. The molecule has 0 radical (unpaired) electrons. The first-order valence-corrected chi connectivity index (χ1v) is 2.45. The SMILES string of the molecule is C=CCOC(F)C(O)(F)F. The van der Waals surface area contributed by atoms with E-state index < -0.39 is 12.5 Å². The van der Waals surface area contributed by atoms with Crippen molar-refractivity contribution in [1.29, 1.82) is 0 Å². The van der Waals surface area contributed by atoms with Gasteiger partial charge >= 0.3 is 6.11 Å². The van der Waals surface area contributed by atoms with Crippen LogP contribution in [0.3, 0.4) is 0 Å². The summed E-state index contributed by atoms with van der Waals surface area (Å²) >= 11 is 0. The molecule has 60 valence electrons. The van der Waals surface area contributed by atoms with Gasteiger partial charge in [0, 0.05) is 0 Å². The maximum absolute atomic E-state index is 11.8. The van der Waals surface area contributed by atoms with Crippen LogP contribution in [-0.2, 0) is 4.74 Å². The van der Waals surface area contributed by atoms with Crippen LogP contribution >= 0.6 is 0 Å². The lowest BCUT2D eigenvalue weighted by Crippen LogP contribution is -2.31. The number of rotatable bonds is 4. The Kier molecular flexibility index (Phi) is 3.38. The summed E-state index contributed by atoms with van der Waals surface area (Å²) < 4.78 is 38.5. The van der Waals surface area contributed by atoms with Crippen molar-refractivity contribution < 1.29 is 23.0 Å². The van der Waals surface area contributed by atoms with E-state index in [1.807, 2.05) is 0 Å². The molecule has 0 aromatic carbocycles. The van der Waals surface area contributed by atoms with E-state index in [1.165, 1.54) is 0 Å². The zero-order chi connectivity index (χ0) is 8.20. The lowest BCUT2D eigenvalue weighted by atomic mass is 10.6. The summed E-state index contributed by atoms with van der Waals surface area (Å²) in [5.74, 6) is 0. The van der Waals surface area contributed by atoms with Crippen LogP contribution < -0.4 is 0 Å². The summed E-state index contributed by atoms with van der Waals surface area (Å²) in [4.78, 5) is 0. The van der Waals surface area contributed by atoms with E-state index in [0.717, 1.165) is 6.08 Å². The molecular weight excluding hydrogens is 149 g/mol. The molecule has 0 aromatic heterocycles. The van der Waals surface area contributed by atoms with E-state index in [9.17, 15) is 13.2 Å². The van der Waals surface area contributed by atoms with Crippen molar-refractivity contribution in [2.75, 3.05) is 6.61 Å². The molecule has 0 amide bonds. The van der Waals surface area contributed by atoms with Crippen molar-refractivity contribution in [1.82, 2.24) is 0 Å². The highest BCUT2D eigenvalue weighted by Crippen LogP contribution is 2.17. The third-order valence-corrected chi connectivity index (χ3v) is 0.633. The Balaban J connectivity index is 3.61. The van der Waals surface area contributed by atoms with E-state index in [2.05, 4.69) is 11.3 Å². The third kappa shape index (κ3) is 3.47. The Morgan fingerprint density at radius 2 is 2.20 bits per heavy atom. The first kappa shape index (κ1) is 9.45. The summed E-state index contributed by atoms with van der Waals surface area (Å²) in [6.45, 7) is 2.73. The summed E-state index contributed by atoms with van der Waals surface area (Å²) in [6.07, 6.45) is -6.31. The van der Waals surface area contributed by atoms with E-state index >= 15 is 0 Å². The van der Waals surface area contributed by atoms with Gasteiger partial charge in [0.25, 0.3) is 6.36 Å². The summed E-state index contributed by atoms with van der Waals surface area (Å²) in [5.41, 5.74) is 0. The quantitative estimate of drug-likeness (QED) is 0.617. The number of ether oxygens (including phenoxy) is 1. The molecule has 10 heavy (non-hydrogen) atoms. The molecule has 0 aliphatic heterocycles. The minimum absolute atomic E-state index is 0.364. The van der Waals surface area contributed by atoms with Crippen molar-refractivity contribution in [3.8, 4) is 0 Å². The number of aliphatic hydroxyl groups is 1. The highest BCUT2D eigenvalue weighted by atomic mass is 19.3. The molecular formula is C5H7F3O2. The standard InChI is InChI=1S/C5H7F3O2/c1-2-3-10-4(6)5(7,8)9/h2,4,9H,1,3H2. The van der Waals surface area contributed by atoms with Crippen molar-refractivity contribution in [3.63, 3.8) is 0 Å². The Bertz CT molecular complexity index is 110. The lowest BCUT2D eigenvalue weighted by Gasteiger charge is -2.12. The first-order chi connectivity index (χ1) is 4.48. The number of hydrogen-bond acceptors (Lipinski definition) is 2. The van der Waals surface area contributed by atoms with Gasteiger partial charge in [-0.1, -0.05) is 6.08 Å². The summed E-state index contributed by atoms with van der Waals surface area (Å²) in [6, 6.07) is 0. The molecule has 2 nitrogen and oxygen atoms in total. The van der Waals surface area contributed by atoms with Gasteiger partial charge in [-0.25, -0.2) is 4.39 Å². The van der Waals surface area contributed by atoms with Crippen molar-refractivity contribution in [3.05, 3.63) is 12.7 Å². The maximum atomic E-state index is 11.8. The van der Waals surface area contributed by atoms with E-state index in [0.29, 0.717) is 0 Å². The zero-order valence-electron chi connectivity index (χ0n) is 5.06. The van der Waals surface area contributed by atoms with Gasteiger partial charge in [0.1, 0.15) is 0 Å². The van der Waals surface area contributed by atoms with E-state index in [1.54, 1.807) is 0 Å². The lowest BCUT2D eigenvalue weighted by molar-refractivity contribution is -0.304. The molecule has 0 saturated carbocycles. The zero-order valence-corrected chi connectivity index (χ0v) is 5.06. The van der Waals surface area contributed by atoms with Gasteiger partial charge in [0.2, 0.25) is 0 Å².